The normalized spacial score (nSPS) is 11.6. The molecule has 81 valence electrons. The summed E-state index contributed by atoms with van der Waals surface area (Å²) in [6.07, 6.45) is 18.0. The van der Waals surface area contributed by atoms with Crippen LogP contribution in [0.1, 0.15) is 51.9 Å². The molecule has 1 nitrogen and oxygen atoms in total. The maximum Gasteiger partial charge on any atom is 0.160 e. The van der Waals surface area contributed by atoms with Crippen LogP contribution in [-0.4, -0.2) is 7.11 Å². The van der Waals surface area contributed by atoms with Gasteiger partial charge in [-0.3, -0.25) is 0 Å². The van der Waals surface area contributed by atoms with Crippen molar-refractivity contribution in [3.05, 3.63) is 24.5 Å². The number of ether oxygens (including phenoxy) is 1. The Balaban J connectivity index is 3.05. The molecule has 0 saturated carbocycles. The van der Waals surface area contributed by atoms with E-state index in [1.807, 2.05) is 6.08 Å². The maximum atomic E-state index is 4.66. The highest BCUT2D eigenvalue weighted by molar-refractivity contribution is 4.96. The zero-order chi connectivity index (χ0) is 10.5. The van der Waals surface area contributed by atoms with Crippen LogP contribution in [0.25, 0.3) is 0 Å². The van der Waals surface area contributed by atoms with Crippen molar-refractivity contribution in [2.75, 3.05) is 7.11 Å². The predicted octanol–water partition coefficient (Wildman–Crippen LogP) is 4.26. The van der Waals surface area contributed by atoms with Crippen LogP contribution in [0.2, 0.25) is 0 Å². The van der Waals surface area contributed by atoms with E-state index in [4.69, 9.17) is 0 Å². The fourth-order valence-corrected chi connectivity index (χ4v) is 1.31. The first kappa shape index (κ1) is 13.3. The molecule has 0 aromatic rings. The summed E-state index contributed by atoms with van der Waals surface area (Å²) in [5, 5.41) is 0. The van der Waals surface area contributed by atoms with Crippen LogP contribution in [0.15, 0.2) is 18.2 Å². The molecule has 0 fully saturated rings. The Bertz CT molecular complexity index is 147. The fraction of sp³-hybridized carbons (Fsp3) is 0.692. The van der Waals surface area contributed by atoms with Crippen LogP contribution in [0.4, 0.5) is 0 Å². The van der Waals surface area contributed by atoms with Crippen molar-refractivity contribution in [3.8, 4) is 0 Å². The Morgan fingerprint density at radius 1 is 1.07 bits per heavy atom. The molecule has 0 N–H and O–H groups in total. The highest BCUT2D eigenvalue weighted by Crippen LogP contribution is 2.06. The summed E-state index contributed by atoms with van der Waals surface area (Å²) in [6, 6.07) is 0. The molecule has 1 radical (unpaired) electrons. The van der Waals surface area contributed by atoms with Crippen LogP contribution < -0.4 is 0 Å². The lowest BCUT2D eigenvalue weighted by Gasteiger charge is -1.97. The number of hydrogen-bond acceptors (Lipinski definition) is 1. The first-order valence-electron chi connectivity index (χ1n) is 5.68. The molecule has 0 aromatic carbocycles. The average Bonchev–Trinajstić information content (AvgIpc) is 2.21. The number of unbranched alkanes of at least 4 members (excludes halogenated alkanes) is 6. The highest BCUT2D eigenvalue weighted by atomic mass is 16.5. The molecule has 1 heteroatoms. The fourth-order valence-electron chi connectivity index (χ4n) is 1.31. The highest BCUT2D eigenvalue weighted by Gasteiger charge is 1.87. The van der Waals surface area contributed by atoms with E-state index in [1.54, 1.807) is 13.2 Å². The third-order valence-electron chi connectivity index (χ3n) is 2.14. The monoisotopic (exact) mass is 195 g/mol. The molecule has 14 heavy (non-hydrogen) atoms. The van der Waals surface area contributed by atoms with E-state index in [0.29, 0.717) is 0 Å². The molecule has 0 unspecified atom stereocenters. The van der Waals surface area contributed by atoms with Gasteiger partial charge >= 0.3 is 0 Å². The summed E-state index contributed by atoms with van der Waals surface area (Å²) in [6.45, 7) is 2.25. The lowest BCUT2D eigenvalue weighted by Crippen LogP contribution is -1.77. The maximum absolute atomic E-state index is 4.66. The molecular formula is C13H23O. The van der Waals surface area contributed by atoms with Crippen molar-refractivity contribution < 1.29 is 4.74 Å². The summed E-state index contributed by atoms with van der Waals surface area (Å²) >= 11 is 0. The molecule has 0 aliphatic rings. The van der Waals surface area contributed by atoms with Crippen molar-refractivity contribution in [2.45, 2.75) is 51.9 Å². The Kier molecular flexibility index (Phi) is 11.6. The molecule has 0 saturated heterocycles. The van der Waals surface area contributed by atoms with Gasteiger partial charge in [0.1, 0.15) is 0 Å². The van der Waals surface area contributed by atoms with E-state index in [2.05, 4.69) is 24.0 Å². The van der Waals surface area contributed by atoms with Gasteiger partial charge in [-0.25, -0.2) is 0 Å². The SMILES string of the molecule is CCCCCCCCC=C/C=[C]/OC. The molecule has 0 aliphatic carbocycles. The lowest BCUT2D eigenvalue weighted by molar-refractivity contribution is 0.313. The van der Waals surface area contributed by atoms with Gasteiger partial charge in [-0.15, -0.1) is 0 Å². The van der Waals surface area contributed by atoms with Crippen LogP contribution >= 0.6 is 0 Å². The van der Waals surface area contributed by atoms with E-state index >= 15 is 0 Å². The van der Waals surface area contributed by atoms with E-state index in [9.17, 15) is 0 Å². The second kappa shape index (κ2) is 12.3. The predicted molar refractivity (Wildman–Crippen MR) is 62.0 cm³/mol. The Morgan fingerprint density at radius 3 is 2.50 bits per heavy atom. The van der Waals surface area contributed by atoms with E-state index in [-0.39, 0.29) is 0 Å². The molecule has 0 bridgehead atoms. The van der Waals surface area contributed by atoms with Gasteiger partial charge < -0.3 is 4.74 Å². The van der Waals surface area contributed by atoms with Crippen LogP contribution in [0, 0.1) is 6.26 Å². The third-order valence-corrected chi connectivity index (χ3v) is 2.14. The van der Waals surface area contributed by atoms with E-state index in [0.717, 1.165) is 0 Å². The quantitative estimate of drug-likeness (QED) is 0.303. The van der Waals surface area contributed by atoms with Gasteiger partial charge in [0, 0.05) is 0 Å². The van der Waals surface area contributed by atoms with Crippen LogP contribution in [0.5, 0.6) is 0 Å². The minimum Gasteiger partial charge on any atom is -0.493 e. The second-order valence-electron chi connectivity index (χ2n) is 3.47. The minimum absolute atomic E-state index is 1.17. The summed E-state index contributed by atoms with van der Waals surface area (Å²) in [5.41, 5.74) is 0. The minimum atomic E-state index is 1.17. The topological polar surface area (TPSA) is 9.23 Å². The van der Waals surface area contributed by atoms with Gasteiger partial charge in [0.2, 0.25) is 0 Å². The molecule has 0 amide bonds. The van der Waals surface area contributed by atoms with Crippen molar-refractivity contribution >= 4 is 0 Å². The van der Waals surface area contributed by atoms with Crippen molar-refractivity contribution in [3.63, 3.8) is 0 Å². The first-order chi connectivity index (χ1) is 6.91. The van der Waals surface area contributed by atoms with Crippen molar-refractivity contribution in [1.29, 1.82) is 0 Å². The van der Waals surface area contributed by atoms with Gasteiger partial charge in [-0.2, -0.15) is 0 Å². The van der Waals surface area contributed by atoms with Gasteiger partial charge in [-0.05, 0) is 18.9 Å². The summed E-state index contributed by atoms with van der Waals surface area (Å²) in [5.74, 6) is 0. The number of rotatable bonds is 9. The second-order valence-corrected chi connectivity index (χ2v) is 3.47. The van der Waals surface area contributed by atoms with E-state index < -0.39 is 0 Å². The summed E-state index contributed by atoms with van der Waals surface area (Å²) in [7, 11) is 1.61. The lowest BCUT2D eigenvalue weighted by atomic mass is 10.1. The van der Waals surface area contributed by atoms with Crippen molar-refractivity contribution in [2.24, 2.45) is 0 Å². The standard InChI is InChI=1S/C13H23O/c1-3-4-5-6-7-8-9-10-11-12-13-14-2/h10-12H,3-9H2,1-2H3. The van der Waals surface area contributed by atoms with Gasteiger partial charge in [0.05, 0.1) is 7.11 Å². The zero-order valence-corrected chi connectivity index (χ0v) is 9.59. The Labute approximate surface area is 88.9 Å². The van der Waals surface area contributed by atoms with Crippen LogP contribution in [0.3, 0.4) is 0 Å². The van der Waals surface area contributed by atoms with Gasteiger partial charge in [0.15, 0.2) is 6.26 Å². The number of methoxy groups -OCH3 is 1. The van der Waals surface area contributed by atoms with E-state index in [1.165, 1.54) is 44.9 Å². The molecule has 0 heterocycles. The molecule has 0 aromatic heterocycles. The molecular weight excluding hydrogens is 172 g/mol. The largest absolute Gasteiger partial charge is 0.493 e. The third kappa shape index (κ3) is 11.3. The first-order valence-corrected chi connectivity index (χ1v) is 5.68. The molecule has 0 aliphatic heterocycles. The summed E-state index contributed by atoms with van der Waals surface area (Å²) < 4.78 is 4.66. The Morgan fingerprint density at radius 2 is 1.79 bits per heavy atom. The Hall–Kier alpha value is -0.720. The summed E-state index contributed by atoms with van der Waals surface area (Å²) in [4.78, 5) is 0. The molecule has 0 rings (SSSR count). The van der Waals surface area contributed by atoms with Gasteiger partial charge in [-0.1, -0.05) is 51.2 Å². The number of allylic oxidation sites excluding steroid dienone is 3. The van der Waals surface area contributed by atoms with Crippen molar-refractivity contribution in [1.82, 2.24) is 0 Å². The smallest absolute Gasteiger partial charge is 0.160 e. The zero-order valence-electron chi connectivity index (χ0n) is 9.59. The van der Waals surface area contributed by atoms with Gasteiger partial charge in [0.25, 0.3) is 0 Å². The molecule has 0 atom stereocenters. The van der Waals surface area contributed by atoms with Crippen LogP contribution in [-0.2, 0) is 4.74 Å². The number of hydrogen-bond donors (Lipinski definition) is 0. The average molecular weight is 195 g/mol. The molecule has 0 spiro atoms.